The predicted octanol–water partition coefficient (Wildman–Crippen LogP) is 4.51. The van der Waals surface area contributed by atoms with Crippen LogP contribution in [0.3, 0.4) is 0 Å². The van der Waals surface area contributed by atoms with Crippen molar-refractivity contribution in [3.63, 3.8) is 0 Å². The summed E-state index contributed by atoms with van der Waals surface area (Å²) in [6.07, 6.45) is 0. The van der Waals surface area contributed by atoms with Crippen molar-refractivity contribution in [2.45, 2.75) is 18.7 Å². The number of carbonyl (C=O) groups excluding carboxylic acids is 1. The van der Waals surface area contributed by atoms with Crippen molar-refractivity contribution in [3.05, 3.63) is 78.4 Å². The Morgan fingerprint density at radius 3 is 2.22 bits per heavy atom. The predicted molar refractivity (Wildman–Crippen MR) is 126 cm³/mol. The second-order valence-electron chi connectivity index (χ2n) is 7.25. The molecule has 164 valence electrons. The van der Waals surface area contributed by atoms with Gasteiger partial charge in [0.05, 0.1) is 15.9 Å². The smallest absolute Gasteiger partial charge is 0.255 e. The number of rotatable bonds is 7. The molecule has 0 saturated carbocycles. The lowest BCUT2D eigenvalue weighted by atomic mass is 10.1. The molecule has 4 aromatic rings. The number of benzene rings is 3. The fraction of sp³-hybridized carbons (Fsp3) is 0.167. The summed E-state index contributed by atoms with van der Waals surface area (Å²) in [4.78, 5) is 20.6. The fourth-order valence-corrected chi connectivity index (χ4v) is 4.95. The molecule has 0 aliphatic carbocycles. The molecule has 1 amide bonds. The summed E-state index contributed by atoms with van der Waals surface area (Å²) in [6, 6.07) is 21.2. The summed E-state index contributed by atoms with van der Waals surface area (Å²) in [5, 5.41) is 2.84. The molecule has 0 aliphatic rings. The van der Waals surface area contributed by atoms with E-state index in [0.29, 0.717) is 24.3 Å². The number of amides is 1. The highest BCUT2D eigenvalue weighted by Crippen LogP contribution is 2.22. The van der Waals surface area contributed by atoms with Crippen molar-refractivity contribution in [1.29, 1.82) is 0 Å². The third kappa shape index (κ3) is 4.28. The van der Waals surface area contributed by atoms with Crippen LogP contribution < -0.4 is 5.32 Å². The highest BCUT2D eigenvalue weighted by Gasteiger charge is 2.21. The molecule has 0 fully saturated rings. The van der Waals surface area contributed by atoms with E-state index in [1.54, 1.807) is 26.0 Å². The SMILES string of the molecule is CCN(CC)S(=O)(=O)c1ccc(C(=O)Nc2ccc(-c3nc4ccccc4[nH]3)cc2)cc1. The lowest BCUT2D eigenvalue weighted by Gasteiger charge is -2.18. The molecule has 1 aromatic heterocycles. The van der Waals surface area contributed by atoms with E-state index in [1.165, 1.54) is 28.6 Å². The van der Waals surface area contributed by atoms with Crippen LogP contribution in [0.5, 0.6) is 0 Å². The third-order valence-electron chi connectivity index (χ3n) is 5.27. The minimum atomic E-state index is -3.55. The highest BCUT2D eigenvalue weighted by atomic mass is 32.2. The number of anilines is 1. The molecular weight excluding hydrogens is 424 g/mol. The first-order valence-corrected chi connectivity index (χ1v) is 11.8. The molecule has 7 nitrogen and oxygen atoms in total. The van der Waals surface area contributed by atoms with Crippen LogP contribution in [0.4, 0.5) is 5.69 Å². The number of imidazole rings is 1. The number of sulfonamides is 1. The van der Waals surface area contributed by atoms with E-state index in [2.05, 4.69) is 15.3 Å². The number of hydrogen-bond acceptors (Lipinski definition) is 4. The van der Waals surface area contributed by atoms with Crippen molar-refractivity contribution in [1.82, 2.24) is 14.3 Å². The first kappa shape index (κ1) is 21.7. The fourth-order valence-electron chi connectivity index (χ4n) is 3.50. The second-order valence-corrected chi connectivity index (χ2v) is 9.19. The Morgan fingerprint density at radius 2 is 1.59 bits per heavy atom. The maximum atomic E-state index is 12.6. The maximum absolute atomic E-state index is 12.6. The van der Waals surface area contributed by atoms with Crippen LogP contribution in [0.2, 0.25) is 0 Å². The molecule has 1 heterocycles. The number of aromatic nitrogens is 2. The molecule has 2 N–H and O–H groups in total. The summed E-state index contributed by atoms with van der Waals surface area (Å²) in [5.41, 5.74) is 3.78. The van der Waals surface area contributed by atoms with Gasteiger partial charge < -0.3 is 10.3 Å². The average molecular weight is 449 g/mol. The molecule has 0 bridgehead atoms. The molecule has 3 aromatic carbocycles. The van der Waals surface area contributed by atoms with E-state index in [0.717, 1.165) is 22.4 Å². The first-order valence-electron chi connectivity index (χ1n) is 10.4. The molecule has 0 spiro atoms. The molecule has 0 atom stereocenters. The monoisotopic (exact) mass is 448 g/mol. The molecule has 0 unspecified atom stereocenters. The van der Waals surface area contributed by atoms with Crippen molar-refractivity contribution < 1.29 is 13.2 Å². The lowest BCUT2D eigenvalue weighted by Crippen LogP contribution is -2.30. The Labute approximate surface area is 187 Å². The van der Waals surface area contributed by atoms with Crippen molar-refractivity contribution >= 4 is 32.7 Å². The molecule has 32 heavy (non-hydrogen) atoms. The Hall–Kier alpha value is -3.49. The second kappa shape index (κ2) is 8.94. The third-order valence-corrected chi connectivity index (χ3v) is 7.33. The summed E-state index contributed by atoms with van der Waals surface area (Å²) in [6.45, 7) is 4.38. The Morgan fingerprint density at radius 1 is 0.938 bits per heavy atom. The van der Waals surface area contributed by atoms with Gasteiger partial charge in [-0.1, -0.05) is 26.0 Å². The Balaban J connectivity index is 1.47. The molecule has 0 radical (unpaired) electrons. The van der Waals surface area contributed by atoms with Crippen molar-refractivity contribution in [3.8, 4) is 11.4 Å². The van der Waals surface area contributed by atoms with Crippen molar-refractivity contribution in [2.75, 3.05) is 18.4 Å². The van der Waals surface area contributed by atoms with E-state index < -0.39 is 10.0 Å². The molecule has 0 aliphatic heterocycles. The van der Waals surface area contributed by atoms with Gasteiger partial charge in [-0.15, -0.1) is 0 Å². The van der Waals surface area contributed by atoms with Gasteiger partial charge in [-0.2, -0.15) is 4.31 Å². The molecule has 0 saturated heterocycles. The molecular formula is C24H24N4O3S. The summed E-state index contributed by atoms with van der Waals surface area (Å²) in [5.74, 6) is 0.447. The van der Waals surface area contributed by atoms with Gasteiger partial charge in [0.2, 0.25) is 10.0 Å². The van der Waals surface area contributed by atoms with E-state index >= 15 is 0 Å². The number of carbonyl (C=O) groups is 1. The van der Waals surface area contributed by atoms with Gasteiger partial charge in [-0.05, 0) is 60.7 Å². The van der Waals surface area contributed by atoms with Crippen LogP contribution in [0, 0.1) is 0 Å². The largest absolute Gasteiger partial charge is 0.338 e. The van der Waals surface area contributed by atoms with Crippen LogP contribution in [-0.2, 0) is 10.0 Å². The Kier molecular flexibility index (Phi) is 6.07. The number of aromatic amines is 1. The lowest BCUT2D eigenvalue weighted by molar-refractivity contribution is 0.102. The van der Waals surface area contributed by atoms with Crippen molar-refractivity contribution in [2.24, 2.45) is 0 Å². The molecule has 8 heteroatoms. The van der Waals surface area contributed by atoms with Crippen LogP contribution in [0.25, 0.3) is 22.4 Å². The number of H-pyrrole nitrogens is 1. The minimum absolute atomic E-state index is 0.174. The number of nitrogens with zero attached hydrogens (tertiary/aromatic N) is 2. The van der Waals surface area contributed by atoms with Gasteiger partial charge in [-0.25, -0.2) is 13.4 Å². The van der Waals surface area contributed by atoms with Crippen LogP contribution in [0.15, 0.2) is 77.7 Å². The zero-order chi connectivity index (χ0) is 22.7. The van der Waals surface area contributed by atoms with Gasteiger partial charge in [0.1, 0.15) is 5.82 Å². The van der Waals surface area contributed by atoms with E-state index in [4.69, 9.17) is 0 Å². The average Bonchev–Trinajstić information content (AvgIpc) is 3.24. The van der Waals surface area contributed by atoms with E-state index in [9.17, 15) is 13.2 Å². The first-order chi connectivity index (χ1) is 15.4. The quantitative estimate of drug-likeness (QED) is 0.435. The maximum Gasteiger partial charge on any atom is 0.255 e. The van der Waals surface area contributed by atoms with Crippen LogP contribution in [0.1, 0.15) is 24.2 Å². The van der Waals surface area contributed by atoms with Crippen LogP contribution in [-0.4, -0.2) is 41.7 Å². The zero-order valence-corrected chi connectivity index (χ0v) is 18.7. The zero-order valence-electron chi connectivity index (χ0n) is 17.9. The summed E-state index contributed by atoms with van der Waals surface area (Å²) >= 11 is 0. The normalized spacial score (nSPS) is 11.7. The van der Waals surface area contributed by atoms with Gasteiger partial charge in [0, 0.05) is 29.9 Å². The molecule has 4 rings (SSSR count). The van der Waals surface area contributed by atoms with Crippen LogP contribution >= 0.6 is 0 Å². The summed E-state index contributed by atoms with van der Waals surface area (Å²) in [7, 11) is -3.55. The van der Waals surface area contributed by atoms with E-state index in [-0.39, 0.29) is 10.8 Å². The summed E-state index contributed by atoms with van der Waals surface area (Å²) < 4.78 is 26.6. The number of hydrogen-bond donors (Lipinski definition) is 2. The number of fused-ring (bicyclic) bond motifs is 1. The van der Waals surface area contributed by atoms with Gasteiger partial charge in [-0.3, -0.25) is 4.79 Å². The van der Waals surface area contributed by atoms with E-state index in [1.807, 2.05) is 36.4 Å². The topological polar surface area (TPSA) is 95.2 Å². The number of nitrogens with one attached hydrogen (secondary N) is 2. The minimum Gasteiger partial charge on any atom is -0.338 e. The van der Waals surface area contributed by atoms with Gasteiger partial charge in [0.25, 0.3) is 5.91 Å². The Bertz CT molecular complexity index is 1310. The van der Waals surface area contributed by atoms with Gasteiger partial charge >= 0.3 is 0 Å². The van der Waals surface area contributed by atoms with Gasteiger partial charge in [0.15, 0.2) is 0 Å². The highest BCUT2D eigenvalue weighted by molar-refractivity contribution is 7.89. The standard InChI is InChI=1S/C24H24N4O3S/c1-3-28(4-2)32(30,31)20-15-11-18(12-16-20)24(29)25-19-13-9-17(10-14-19)23-26-21-7-5-6-8-22(21)27-23/h5-16H,3-4H2,1-2H3,(H,25,29)(H,26,27). The number of para-hydroxylation sites is 2.